The minimum Gasteiger partial charge on any atom is -0.497 e. The van der Waals surface area contributed by atoms with Gasteiger partial charge < -0.3 is 4.74 Å². The molecule has 0 aromatic heterocycles. The molecule has 0 bridgehead atoms. The van der Waals surface area contributed by atoms with Gasteiger partial charge in [-0.1, -0.05) is 279 Å². The molecule has 17 rings (SSSR count). The molecule has 10 aromatic carbocycles. The van der Waals surface area contributed by atoms with Gasteiger partial charge >= 0.3 is 0 Å². The van der Waals surface area contributed by atoms with Crippen LogP contribution in [0.15, 0.2) is 354 Å². The van der Waals surface area contributed by atoms with Crippen molar-refractivity contribution in [3.63, 3.8) is 0 Å². The van der Waals surface area contributed by atoms with Gasteiger partial charge in [-0.05, 0) is 209 Å². The molecule has 0 fully saturated rings. The second-order valence-corrected chi connectivity index (χ2v) is 35.3. The number of ketones is 14. The zero-order valence-electron chi connectivity index (χ0n) is 82.7. The lowest BCUT2D eigenvalue weighted by Gasteiger charge is -2.15. The minimum atomic E-state index is -0.329. The standard InChI is InChI=1S/C21H16O3.C21H24O2.C20H13FO2.C20H14O2.C16H18O2.C16H14O2.C15H12O2/c1-24-17-10-6-8-15(13-17)7-2-3-9-16-14-20(22)18-11-4-5-12-19(18)21(16)23;1-15(2)8-6-9-16(3)10-7-11-17-14-20(22)18-12-4-5-13-19(18)21(17)23;21-16-9-5-7-14(12-16)6-1-2-8-15-13-19(22)17-10-3-4-11-18(17)20(15)23;21-19-14-16(20(22)18-13-7-6-12-17(18)19)11-5-4-10-15-8-2-1-3-9-15;1-11(2)6-5-7-12-10-15(17)13-8-3-4-9-14(13)16(12)18;1-2-3-4-5-8-12-11-15(17)13-9-6-7-10-14(13)16(12)18;1-2-3-4-7-11-10-14(16)12-8-5-6-9-13(12)15(11)17/h4-6,8,10-14H,3,9H2,1H3;4-5,8,10,12-14H,6-7,9,11H2,1-3H3;3-5,7,9-13H,2,8H2;1-3,6-9,12-14H,5,11H2;3-4,8-11H,5-7H2,1-2H3;6-7,9-11H,4-5,8H2,1H3;5-6,8-10H,4,7H2,1H3/b;16-10+;;;;;. The summed E-state index contributed by atoms with van der Waals surface area (Å²) in [6.45, 7) is 14.2. The van der Waals surface area contributed by atoms with Crippen LogP contribution in [0.1, 0.15) is 326 Å². The molecule has 15 nitrogen and oxygen atoms in total. The number of rotatable bonds is 22. The van der Waals surface area contributed by atoms with Crippen LogP contribution in [-0.4, -0.2) is 88.1 Å². The Bertz CT molecular complexity index is 7390. The van der Waals surface area contributed by atoms with E-state index in [4.69, 9.17) is 4.74 Å². The van der Waals surface area contributed by atoms with Crippen LogP contribution in [0.2, 0.25) is 0 Å². The molecular formula is C129H111FO15. The Morgan fingerprint density at radius 2 is 0.566 bits per heavy atom. The number of halogens is 1. The lowest BCUT2D eigenvalue weighted by Crippen LogP contribution is -2.16. The van der Waals surface area contributed by atoms with Crippen molar-refractivity contribution in [2.75, 3.05) is 7.11 Å². The Balaban J connectivity index is 0.000000162. The molecule has 0 amide bonds. The summed E-state index contributed by atoms with van der Waals surface area (Å²) in [5.41, 5.74) is 16.2. The van der Waals surface area contributed by atoms with Crippen LogP contribution in [0.3, 0.4) is 0 Å². The van der Waals surface area contributed by atoms with E-state index in [2.05, 4.69) is 106 Å². The minimum absolute atomic E-state index is 0.00389. The average molecular weight is 1920 g/mol. The van der Waals surface area contributed by atoms with E-state index in [-0.39, 0.29) is 86.8 Å². The third-order valence-corrected chi connectivity index (χ3v) is 24.0. The zero-order chi connectivity index (χ0) is 104. The van der Waals surface area contributed by atoms with Crippen molar-refractivity contribution in [1.82, 2.24) is 0 Å². The van der Waals surface area contributed by atoms with E-state index in [0.717, 1.165) is 61.8 Å². The Labute approximate surface area is 847 Å². The predicted molar refractivity (Wildman–Crippen MR) is 567 cm³/mol. The fourth-order valence-electron chi connectivity index (χ4n) is 16.4. The van der Waals surface area contributed by atoms with Gasteiger partial charge in [0, 0.05) is 166 Å². The first kappa shape index (κ1) is 108. The highest BCUT2D eigenvalue weighted by Crippen LogP contribution is 2.33. The van der Waals surface area contributed by atoms with Gasteiger partial charge in [0.1, 0.15) is 11.6 Å². The maximum atomic E-state index is 13.0. The van der Waals surface area contributed by atoms with Crippen LogP contribution in [-0.2, 0) is 0 Å². The third-order valence-electron chi connectivity index (χ3n) is 24.0. The number of Topliss-reactive ketones (excluding diaryl/α,β-unsaturated/α-hetero) is 7. The van der Waals surface area contributed by atoms with Crippen LogP contribution in [0.4, 0.5) is 4.39 Å². The van der Waals surface area contributed by atoms with Gasteiger partial charge in [-0.15, -0.1) is 23.7 Å². The molecule has 0 atom stereocenters. The fraction of sp³-hybridized carbons (Fsp3) is 0.209. The van der Waals surface area contributed by atoms with E-state index in [0.29, 0.717) is 199 Å². The van der Waals surface area contributed by atoms with Gasteiger partial charge in [0.05, 0.1) is 7.11 Å². The van der Waals surface area contributed by atoms with Gasteiger partial charge in [0.2, 0.25) is 0 Å². The predicted octanol–water partition coefficient (Wildman–Crippen LogP) is 26.9. The average Bonchev–Trinajstić information content (AvgIpc) is 0.823. The monoisotopic (exact) mass is 1920 g/mol. The molecule has 0 unspecified atom stereocenters. The summed E-state index contributed by atoms with van der Waals surface area (Å²) in [4.78, 5) is 170. The van der Waals surface area contributed by atoms with Crippen molar-refractivity contribution in [3.8, 4) is 65.0 Å². The quantitative estimate of drug-likeness (QED) is 0.0348. The number of allylic oxidation sites excluding steroid dienone is 18. The van der Waals surface area contributed by atoms with Crippen molar-refractivity contribution in [3.05, 3.63) is 454 Å². The van der Waals surface area contributed by atoms with Crippen LogP contribution in [0.5, 0.6) is 5.75 Å². The molecule has 145 heavy (non-hydrogen) atoms. The molecule has 0 spiro atoms. The molecule has 0 radical (unpaired) electrons. The number of hydrogen-bond donors (Lipinski definition) is 0. The highest BCUT2D eigenvalue weighted by molar-refractivity contribution is 6.29. The van der Waals surface area contributed by atoms with Gasteiger partial charge in [0.15, 0.2) is 81.0 Å². The Kier molecular flexibility index (Phi) is 41.1. The molecule has 10 aromatic rings. The van der Waals surface area contributed by atoms with Crippen LogP contribution >= 0.6 is 0 Å². The summed E-state index contributed by atoms with van der Waals surface area (Å²) in [6, 6.07) is 72.0. The first-order chi connectivity index (χ1) is 70.1. The SMILES string of the molecule is CC#CCCC1=CC(=O)c2ccccc2C1=O.CC#CCCCC1=CC(=O)c2ccccc2C1=O.CC(C)=CCC/C(C)=C/CCC1=CC(=O)c2ccccc2C1=O.CC(C)CCCC1=CC(=O)c2ccccc2C1=O.COc1cccc(C#CCCC2=CC(=O)c3ccccc3C2=O)c1.O=C1C=C(CCC#Cc2cccc(F)c2)C(=O)c2ccccc21.O=C1C=C(CCC#Cc2ccccc2)C(=O)c2ccccc21. The second-order valence-electron chi connectivity index (χ2n) is 35.3. The van der Waals surface area contributed by atoms with Crippen molar-refractivity contribution >= 4 is 81.0 Å². The number of unbranched alkanes of at least 4 members (excludes halogenated alkanes) is 1. The first-order valence-electron chi connectivity index (χ1n) is 48.3. The van der Waals surface area contributed by atoms with E-state index in [1.54, 1.807) is 203 Å². The zero-order valence-corrected chi connectivity index (χ0v) is 82.7. The molecule has 16 heteroatoms. The van der Waals surface area contributed by atoms with Gasteiger partial charge in [-0.25, -0.2) is 4.39 Å². The highest BCUT2D eigenvalue weighted by atomic mass is 19.1. The summed E-state index contributed by atoms with van der Waals surface area (Å²) in [6.07, 6.45) is 27.2. The normalized spacial score (nSPS) is 13.5. The summed E-state index contributed by atoms with van der Waals surface area (Å²) >= 11 is 0. The lowest BCUT2D eigenvalue weighted by molar-refractivity contribution is 0.0981. The van der Waals surface area contributed by atoms with Crippen molar-refractivity contribution in [2.45, 2.75) is 164 Å². The van der Waals surface area contributed by atoms with Crippen LogP contribution in [0, 0.1) is 70.9 Å². The Morgan fingerprint density at radius 3 is 0.883 bits per heavy atom. The van der Waals surface area contributed by atoms with E-state index in [1.807, 2.05) is 54.6 Å². The Morgan fingerprint density at radius 1 is 0.290 bits per heavy atom. The van der Waals surface area contributed by atoms with E-state index in [9.17, 15) is 71.5 Å². The van der Waals surface area contributed by atoms with Gasteiger partial charge in [-0.3, -0.25) is 67.1 Å². The van der Waals surface area contributed by atoms with E-state index >= 15 is 0 Å². The van der Waals surface area contributed by atoms with Crippen LogP contribution < -0.4 is 4.74 Å². The molecule has 0 N–H and O–H groups in total. The smallest absolute Gasteiger partial charge is 0.189 e. The van der Waals surface area contributed by atoms with Crippen molar-refractivity contribution in [1.29, 1.82) is 0 Å². The second kappa shape index (κ2) is 55.1. The highest BCUT2D eigenvalue weighted by Gasteiger charge is 2.32. The Hall–Kier alpha value is -17.2. The van der Waals surface area contributed by atoms with Crippen LogP contribution in [0.25, 0.3) is 0 Å². The molecule has 724 valence electrons. The topological polar surface area (TPSA) is 248 Å². The molecule has 0 heterocycles. The molecule has 0 saturated heterocycles. The van der Waals surface area contributed by atoms with E-state index < -0.39 is 0 Å². The fourth-order valence-corrected chi connectivity index (χ4v) is 16.4. The van der Waals surface area contributed by atoms with Gasteiger partial charge in [0.25, 0.3) is 0 Å². The molecule has 0 aliphatic heterocycles. The van der Waals surface area contributed by atoms with E-state index in [1.165, 1.54) is 65.8 Å². The number of carbonyl (C=O) groups is 14. The number of ether oxygens (including phenoxy) is 1. The number of benzene rings is 10. The summed E-state index contributed by atoms with van der Waals surface area (Å²) < 4.78 is 18.2. The number of carbonyl (C=O) groups excluding carboxylic acids is 14. The number of hydrogen-bond acceptors (Lipinski definition) is 15. The third kappa shape index (κ3) is 31.1. The number of methoxy groups -OCH3 is 1. The molecular weight excluding hydrogens is 1810 g/mol. The summed E-state index contributed by atoms with van der Waals surface area (Å²) in [7, 11) is 1.61. The summed E-state index contributed by atoms with van der Waals surface area (Å²) in [5.74, 6) is 29.6. The van der Waals surface area contributed by atoms with Crippen molar-refractivity contribution < 1.29 is 76.3 Å². The lowest BCUT2D eigenvalue weighted by atomic mass is 9.87. The maximum Gasteiger partial charge on any atom is 0.189 e. The molecule has 7 aliphatic carbocycles. The number of fused-ring (bicyclic) bond motifs is 7. The van der Waals surface area contributed by atoms with Crippen molar-refractivity contribution in [2.24, 2.45) is 5.92 Å². The van der Waals surface area contributed by atoms with Gasteiger partial charge in [-0.2, -0.15) is 0 Å². The summed E-state index contributed by atoms with van der Waals surface area (Å²) in [5, 5.41) is 0. The maximum absolute atomic E-state index is 13.0. The first-order valence-corrected chi connectivity index (χ1v) is 48.3. The largest absolute Gasteiger partial charge is 0.497 e. The molecule has 7 aliphatic rings. The molecule has 0 saturated carbocycles.